The summed E-state index contributed by atoms with van der Waals surface area (Å²) < 4.78 is 5.66. The van der Waals surface area contributed by atoms with Crippen LogP contribution >= 0.6 is 11.6 Å². The van der Waals surface area contributed by atoms with Crippen LogP contribution in [0.2, 0.25) is 5.02 Å². The SMILES string of the molecule is Cc1cc(Cl)ccc1OC(C)C(=O)N1CCC[C@H]1C(=O)O. The van der Waals surface area contributed by atoms with Gasteiger partial charge in [0.2, 0.25) is 0 Å². The van der Waals surface area contributed by atoms with Gasteiger partial charge in [-0.25, -0.2) is 4.79 Å². The van der Waals surface area contributed by atoms with E-state index in [0.717, 1.165) is 5.56 Å². The van der Waals surface area contributed by atoms with E-state index in [9.17, 15) is 9.59 Å². The maximum Gasteiger partial charge on any atom is 0.326 e. The van der Waals surface area contributed by atoms with E-state index in [2.05, 4.69) is 0 Å². The molecule has 1 fully saturated rings. The van der Waals surface area contributed by atoms with Gasteiger partial charge in [-0.3, -0.25) is 4.79 Å². The molecule has 1 aromatic carbocycles. The molecular formula is C15H18ClNO4. The van der Waals surface area contributed by atoms with E-state index < -0.39 is 18.1 Å². The Labute approximate surface area is 128 Å². The molecule has 1 amide bonds. The highest BCUT2D eigenvalue weighted by atomic mass is 35.5. The Morgan fingerprint density at radius 1 is 1.48 bits per heavy atom. The molecule has 1 aliphatic heterocycles. The van der Waals surface area contributed by atoms with Crippen LogP contribution in [0.3, 0.4) is 0 Å². The van der Waals surface area contributed by atoms with Gasteiger partial charge in [0.1, 0.15) is 11.8 Å². The zero-order chi connectivity index (χ0) is 15.6. The minimum Gasteiger partial charge on any atom is -0.481 e. The Morgan fingerprint density at radius 3 is 2.81 bits per heavy atom. The molecule has 1 N–H and O–H groups in total. The molecule has 0 saturated carbocycles. The van der Waals surface area contributed by atoms with Crippen LogP contribution in [0.25, 0.3) is 0 Å². The first-order chi connectivity index (χ1) is 9.90. The number of rotatable bonds is 4. The fourth-order valence-electron chi connectivity index (χ4n) is 2.51. The number of aliphatic carboxylic acids is 1. The number of hydrogen-bond donors (Lipinski definition) is 1. The second kappa shape index (κ2) is 6.35. The van der Waals surface area contributed by atoms with Crippen molar-refractivity contribution in [2.45, 2.75) is 38.8 Å². The van der Waals surface area contributed by atoms with Gasteiger partial charge in [-0.1, -0.05) is 11.6 Å². The Morgan fingerprint density at radius 2 is 2.19 bits per heavy atom. The Bertz CT molecular complexity index is 561. The van der Waals surface area contributed by atoms with Crippen molar-refractivity contribution in [1.82, 2.24) is 4.90 Å². The third-order valence-corrected chi connectivity index (χ3v) is 3.84. The molecule has 6 heteroatoms. The van der Waals surface area contributed by atoms with Gasteiger partial charge >= 0.3 is 5.97 Å². The number of nitrogens with zero attached hydrogens (tertiary/aromatic N) is 1. The van der Waals surface area contributed by atoms with E-state index in [0.29, 0.717) is 30.2 Å². The van der Waals surface area contributed by atoms with E-state index in [1.807, 2.05) is 6.92 Å². The van der Waals surface area contributed by atoms with Gasteiger partial charge in [-0.05, 0) is 50.5 Å². The molecule has 21 heavy (non-hydrogen) atoms. The highest BCUT2D eigenvalue weighted by molar-refractivity contribution is 6.30. The van der Waals surface area contributed by atoms with Crippen LogP contribution in [0, 0.1) is 6.92 Å². The quantitative estimate of drug-likeness (QED) is 0.927. The smallest absolute Gasteiger partial charge is 0.326 e. The Kier molecular flexibility index (Phi) is 4.73. The van der Waals surface area contributed by atoms with E-state index >= 15 is 0 Å². The number of aryl methyl sites for hydroxylation is 1. The van der Waals surface area contributed by atoms with Crippen molar-refractivity contribution in [3.8, 4) is 5.75 Å². The first-order valence-electron chi connectivity index (χ1n) is 6.86. The van der Waals surface area contributed by atoms with Crippen LogP contribution < -0.4 is 4.74 Å². The first kappa shape index (κ1) is 15.6. The summed E-state index contributed by atoms with van der Waals surface area (Å²) in [5.41, 5.74) is 0.832. The summed E-state index contributed by atoms with van der Waals surface area (Å²) >= 11 is 5.88. The zero-order valence-corrected chi connectivity index (χ0v) is 12.8. The molecule has 1 aromatic rings. The zero-order valence-electron chi connectivity index (χ0n) is 12.0. The predicted octanol–water partition coefficient (Wildman–Crippen LogP) is 2.49. The summed E-state index contributed by atoms with van der Waals surface area (Å²) in [6.07, 6.45) is 0.466. The highest BCUT2D eigenvalue weighted by Gasteiger charge is 2.36. The van der Waals surface area contributed by atoms with Gasteiger partial charge in [0, 0.05) is 11.6 Å². The molecule has 5 nitrogen and oxygen atoms in total. The summed E-state index contributed by atoms with van der Waals surface area (Å²) in [5, 5.41) is 9.73. The van der Waals surface area contributed by atoms with E-state index in [1.165, 1.54) is 4.90 Å². The highest BCUT2D eigenvalue weighted by Crippen LogP contribution is 2.24. The number of amides is 1. The maximum absolute atomic E-state index is 12.4. The van der Waals surface area contributed by atoms with Crippen LogP contribution in [-0.2, 0) is 9.59 Å². The number of carbonyl (C=O) groups is 2. The van der Waals surface area contributed by atoms with Gasteiger partial charge in [0.05, 0.1) is 0 Å². The predicted molar refractivity (Wildman–Crippen MR) is 78.6 cm³/mol. The van der Waals surface area contributed by atoms with Gasteiger partial charge in [0.25, 0.3) is 5.91 Å². The van der Waals surface area contributed by atoms with Crippen LogP contribution in [0.15, 0.2) is 18.2 Å². The average Bonchev–Trinajstić information content (AvgIpc) is 2.90. The molecule has 1 saturated heterocycles. The van der Waals surface area contributed by atoms with Crippen molar-refractivity contribution in [2.24, 2.45) is 0 Å². The number of likely N-dealkylation sites (tertiary alicyclic amines) is 1. The molecule has 114 valence electrons. The topological polar surface area (TPSA) is 66.8 Å². The number of hydrogen-bond acceptors (Lipinski definition) is 3. The first-order valence-corrected chi connectivity index (χ1v) is 7.24. The second-order valence-electron chi connectivity index (χ2n) is 5.20. The van der Waals surface area contributed by atoms with E-state index in [4.69, 9.17) is 21.4 Å². The summed E-state index contributed by atoms with van der Waals surface area (Å²) in [4.78, 5) is 24.9. The second-order valence-corrected chi connectivity index (χ2v) is 5.63. The van der Waals surface area contributed by atoms with E-state index in [-0.39, 0.29) is 5.91 Å². The molecule has 0 aromatic heterocycles. The van der Waals surface area contributed by atoms with Crippen molar-refractivity contribution in [3.05, 3.63) is 28.8 Å². The minimum atomic E-state index is -0.962. The number of carboxylic acids is 1. The summed E-state index contributed by atoms with van der Waals surface area (Å²) in [6, 6.07) is 4.41. The van der Waals surface area contributed by atoms with Gasteiger partial charge in [-0.2, -0.15) is 0 Å². The number of carboxylic acid groups (broad SMARTS) is 1. The molecule has 0 radical (unpaired) electrons. The lowest BCUT2D eigenvalue weighted by atomic mass is 10.2. The number of benzene rings is 1. The van der Waals surface area contributed by atoms with Gasteiger partial charge in [-0.15, -0.1) is 0 Å². The largest absolute Gasteiger partial charge is 0.481 e. The Balaban J connectivity index is 2.07. The normalized spacial score (nSPS) is 19.4. The third kappa shape index (κ3) is 3.47. The minimum absolute atomic E-state index is 0.297. The summed E-state index contributed by atoms with van der Waals surface area (Å²) in [5.74, 6) is -0.684. The summed E-state index contributed by atoms with van der Waals surface area (Å²) in [7, 11) is 0. The van der Waals surface area contributed by atoms with Crippen molar-refractivity contribution >= 4 is 23.5 Å². The fraction of sp³-hybridized carbons (Fsp3) is 0.467. The molecule has 1 unspecified atom stereocenters. The van der Waals surface area contributed by atoms with Crippen molar-refractivity contribution in [2.75, 3.05) is 6.54 Å². The standard InChI is InChI=1S/C15H18ClNO4/c1-9-8-11(16)5-6-13(9)21-10(2)14(18)17-7-3-4-12(17)15(19)20/h5-6,8,10,12H,3-4,7H2,1-2H3,(H,19,20)/t10?,12-/m0/s1. The number of carbonyl (C=O) groups excluding carboxylic acids is 1. The van der Waals surface area contributed by atoms with Crippen molar-refractivity contribution in [1.29, 1.82) is 0 Å². The monoisotopic (exact) mass is 311 g/mol. The Hall–Kier alpha value is -1.75. The van der Waals surface area contributed by atoms with E-state index in [1.54, 1.807) is 25.1 Å². The maximum atomic E-state index is 12.4. The van der Waals surface area contributed by atoms with Crippen LogP contribution in [-0.4, -0.2) is 40.6 Å². The molecule has 2 rings (SSSR count). The third-order valence-electron chi connectivity index (χ3n) is 3.61. The molecule has 1 heterocycles. The molecular weight excluding hydrogens is 294 g/mol. The molecule has 0 bridgehead atoms. The van der Waals surface area contributed by atoms with Crippen LogP contribution in [0.5, 0.6) is 5.75 Å². The molecule has 0 aliphatic carbocycles. The van der Waals surface area contributed by atoms with Crippen LogP contribution in [0.1, 0.15) is 25.3 Å². The number of ether oxygens (including phenoxy) is 1. The van der Waals surface area contributed by atoms with Crippen molar-refractivity contribution in [3.63, 3.8) is 0 Å². The molecule has 0 spiro atoms. The fourth-order valence-corrected chi connectivity index (χ4v) is 2.73. The molecule has 1 aliphatic rings. The van der Waals surface area contributed by atoms with Crippen molar-refractivity contribution < 1.29 is 19.4 Å². The van der Waals surface area contributed by atoms with Gasteiger partial charge in [0.15, 0.2) is 6.10 Å². The lowest BCUT2D eigenvalue weighted by molar-refractivity contribution is -0.150. The molecule has 2 atom stereocenters. The lowest BCUT2D eigenvalue weighted by Gasteiger charge is -2.25. The average molecular weight is 312 g/mol. The van der Waals surface area contributed by atoms with Crippen LogP contribution in [0.4, 0.5) is 0 Å². The van der Waals surface area contributed by atoms with Gasteiger partial charge < -0.3 is 14.7 Å². The lowest BCUT2D eigenvalue weighted by Crippen LogP contribution is -2.46. The number of halogens is 1. The summed E-state index contributed by atoms with van der Waals surface area (Å²) in [6.45, 7) is 3.94.